The van der Waals surface area contributed by atoms with Gasteiger partial charge in [-0.25, -0.2) is 9.59 Å². The first-order valence-corrected chi connectivity index (χ1v) is 12.9. The highest BCUT2D eigenvalue weighted by Gasteiger charge is 2.37. The van der Waals surface area contributed by atoms with Crippen molar-refractivity contribution in [3.05, 3.63) is 59.7 Å². The molecule has 1 aliphatic carbocycles. The van der Waals surface area contributed by atoms with Gasteiger partial charge in [-0.05, 0) is 54.0 Å². The van der Waals surface area contributed by atoms with Crippen LogP contribution in [0, 0.1) is 0 Å². The van der Waals surface area contributed by atoms with E-state index < -0.39 is 29.6 Å². The Kier molecular flexibility index (Phi) is 8.61. The summed E-state index contributed by atoms with van der Waals surface area (Å²) in [5.41, 5.74) is 3.18. The van der Waals surface area contributed by atoms with Gasteiger partial charge in [0, 0.05) is 5.92 Å². The van der Waals surface area contributed by atoms with Crippen molar-refractivity contribution >= 4 is 29.7 Å². The number of carboxylic acid groups (broad SMARTS) is 1. The Morgan fingerprint density at radius 1 is 1.09 bits per heavy atom. The van der Waals surface area contributed by atoms with Crippen LogP contribution in [0.1, 0.15) is 50.2 Å². The molecule has 1 aliphatic rings. The Morgan fingerprint density at radius 2 is 1.68 bits per heavy atom. The van der Waals surface area contributed by atoms with Crippen molar-refractivity contribution < 1.29 is 24.2 Å². The van der Waals surface area contributed by atoms with Gasteiger partial charge in [0.25, 0.3) is 0 Å². The number of carbonyl (C=O) groups excluding carboxylic acids is 2. The molecule has 3 rings (SSSR count). The monoisotopic (exact) mass is 484 g/mol. The normalized spacial score (nSPS) is 14.9. The first kappa shape index (κ1) is 25.6. The Morgan fingerprint density at radius 3 is 2.21 bits per heavy atom. The predicted octanol–water partition coefficient (Wildman–Crippen LogP) is 4.41. The minimum atomic E-state index is -1.29. The number of fused-ring (bicyclic) bond motifs is 3. The third kappa shape index (κ3) is 5.73. The molecule has 0 aromatic heterocycles. The Bertz CT molecular complexity index is 998. The van der Waals surface area contributed by atoms with Crippen LogP contribution in [0.5, 0.6) is 0 Å². The maximum atomic E-state index is 13.0. The fourth-order valence-corrected chi connectivity index (χ4v) is 4.87. The van der Waals surface area contributed by atoms with E-state index in [4.69, 9.17) is 4.74 Å². The second kappa shape index (κ2) is 11.4. The molecular weight excluding hydrogens is 452 g/mol. The lowest BCUT2D eigenvalue weighted by atomic mass is 9.94. The minimum absolute atomic E-state index is 0.0904. The number of hydrogen-bond acceptors (Lipinski definition) is 5. The second-order valence-corrected chi connectivity index (χ2v) is 9.66. The van der Waals surface area contributed by atoms with Crippen molar-refractivity contribution in [1.82, 2.24) is 10.6 Å². The van der Waals surface area contributed by atoms with Gasteiger partial charge in [-0.3, -0.25) is 4.79 Å². The van der Waals surface area contributed by atoms with E-state index in [9.17, 15) is 19.5 Å². The number of hydrogen-bond donors (Lipinski definition) is 3. The van der Waals surface area contributed by atoms with Crippen molar-refractivity contribution in [2.24, 2.45) is 0 Å². The molecule has 0 bridgehead atoms. The highest BCUT2D eigenvalue weighted by atomic mass is 32.2. The molecule has 0 saturated heterocycles. The maximum absolute atomic E-state index is 13.0. The number of amides is 2. The van der Waals surface area contributed by atoms with E-state index in [-0.39, 0.29) is 12.5 Å². The van der Waals surface area contributed by atoms with Crippen molar-refractivity contribution in [2.75, 3.05) is 18.6 Å². The van der Waals surface area contributed by atoms with Crippen LogP contribution in [0.4, 0.5) is 4.79 Å². The largest absolute Gasteiger partial charge is 0.480 e. The molecule has 0 radical (unpaired) electrons. The highest BCUT2D eigenvalue weighted by molar-refractivity contribution is 7.98. The third-order valence-electron chi connectivity index (χ3n) is 6.19. The van der Waals surface area contributed by atoms with Crippen LogP contribution in [0.2, 0.25) is 0 Å². The molecule has 0 aliphatic heterocycles. The standard InChI is InChI=1S/C26H32N2O5S/c1-4-14-26(2,24(31)27-22(23(29)30)13-15-34-3)28-25(32)33-16-21-19-11-7-5-9-17(19)18-10-6-8-12-20(18)21/h5-12,21-22H,4,13-16H2,1-3H3,(H,27,31)(H,28,32)(H,29,30)/t22-,26?/m1/s1. The van der Waals surface area contributed by atoms with Gasteiger partial charge in [0.1, 0.15) is 18.2 Å². The summed E-state index contributed by atoms with van der Waals surface area (Å²) in [6.45, 7) is 3.63. The number of ether oxygens (including phenoxy) is 1. The number of carboxylic acids is 1. The molecule has 182 valence electrons. The number of benzene rings is 2. The molecule has 8 heteroatoms. The Labute approximate surface area is 204 Å². The van der Waals surface area contributed by atoms with E-state index in [1.165, 1.54) is 11.8 Å². The molecule has 1 unspecified atom stereocenters. The van der Waals surface area contributed by atoms with Crippen LogP contribution >= 0.6 is 11.8 Å². The van der Waals surface area contributed by atoms with E-state index >= 15 is 0 Å². The van der Waals surface area contributed by atoms with E-state index in [1.807, 2.05) is 49.6 Å². The highest BCUT2D eigenvalue weighted by Crippen LogP contribution is 2.44. The Balaban J connectivity index is 1.68. The van der Waals surface area contributed by atoms with Crippen molar-refractivity contribution in [3.8, 4) is 11.1 Å². The molecule has 0 fully saturated rings. The molecular formula is C26H32N2O5S. The molecule has 7 nitrogen and oxygen atoms in total. The molecule has 34 heavy (non-hydrogen) atoms. The molecule has 3 N–H and O–H groups in total. The van der Waals surface area contributed by atoms with Gasteiger partial charge in [-0.2, -0.15) is 11.8 Å². The van der Waals surface area contributed by atoms with Crippen LogP contribution in [0.15, 0.2) is 48.5 Å². The summed E-state index contributed by atoms with van der Waals surface area (Å²) in [6.07, 6.45) is 2.44. The smallest absolute Gasteiger partial charge is 0.408 e. The number of aliphatic carboxylic acids is 1. The molecule has 2 aromatic carbocycles. The van der Waals surface area contributed by atoms with E-state index in [2.05, 4.69) is 22.8 Å². The van der Waals surface area contributed by atoms with E-state index in [1.54, 1.807) is 6.92 Å². The summed E-state index contributed by atoms with van der Waals surface area (Å²) in [7, 11) is 0. The average molecular weight is 485 g/mol. The zero-order valence-electron chi connectivity index (χ0n) is 19.8. The van der Waals surface area contributed by atoms with Crippen LogP contribution < -0.4 is 10.6 Å². The van der Waals surface area contributed by atoms with E-state index in [0.29, 0.717) is 25.0 Å². The number of thioether (sulfide) groups is 1. The summed E-state index contributed by atoms with van der Waals surface area (Å²) in [5, 5.41) is 14.7. The topological polar surface area (TPSA) is 105 Å². The maximum Gasteiger partial charge on any atom is 0.408 e. The summed E-state index contributed by atoms with van der Waals surface area (Å²) >= 11 is 1.51. The minimum Gasteiger partial charge on any atom is -0.480 e. The fourth-order valence-electron chi connectivity index (χ4n) is 4.40. The number of alkyl carbamates (subject to hydrolysis) is 1. The molecule has 2 aromatic rings. The zero-order valence-corrected chi connectivity index (χ0v) is 20.6. The molecule has 2 atom stereocenters. The van der Waals surface area contributed by atoms with Gasteiger partial charge in [-0.1, -0.05) is 61.9 Å². The van der Waals surface area contributed by atoms with Gasteiger partial charge in [-0.15, -0.1) is 0 Å². The van der Waals surface area contributed by atoms with Crippen LogP contribution in [-0.2, 0) is 14.3 Å². The quantitative estimate of drug-likeness (QED) is 0.437. The number of nitrogens with one attached hydrogen (secondary N) is 2. The first-order valence-electron chi connectivity index (χ1n) is 11.5. The third-order valence-corrected chi connectivity index (χ3v) is 6.83. The SMILES string of the molecule is CCCC(C)(NC(=O)OCC1c2ccccc2-c2ccccc21)C(=O)N[C@H](CCSC)C(=O)O. The van der Waals surface area contributed by atoms with Crippen molar-refractivity contribution in [1.29, 1.82) is 0 Å². The average Bonchev–Trinajstić information content (AvgIpc) is 3.14. The van der Waals surface area contributed by atoms with Crippen LogP contribution in [0.25, 0.3) is 11.1 Å². The lowest BCUT2D eigenvalue weighted by Crippen LogP contribution is -2.59. The van der Waals surface area contributed by atoms with Gasteiger partial charge >= 0.3 is 12.1 Å². The van der Waals surface area contributed by atoms with E-state index in [0.717, 1.165) is 22.3 Å². The summed E-state index contributed by atoms with van der Waals surface area (Å²) in [6, 6.07) is 15.1. The lowest BCUT2D eigenvalue weighted by Gasteiger charge is -2.30. The van der Waals surface area contributed by atoms with Gasteiger partial charge < -0.3 is 20.5 Å². The zero-order chi connectivity index (χ0) is 24.7. The molecule has 2 amide bonds. The van der Waals surface area contributed by atoms with Gasteiger partial charge in [0.05, 0.1) is 0 Å². The fraction of sp³-hybridized carbons (Fsp3) is 0.423. The first-order chi connectivity index (χ1) is 16.3. The predicted molar refractivity (Wildman–Crippen MR) is 134 cm³/mol. The molecule has 0 heterocycles. The van der Waals surface area contributed by atoms with Gasteiger partial charge in [0.15, 0.2) is 0 Å². The van der Waals surface area contributed by atoms with Crippen molar-refractivity contribution in [3.63, 3.8) is 0 Å². The summed E-state index contributed by atoms with van der Waals surface area (Å²) in [5.74, 6) is -1.12. The number of carbonyl (C=O) groups is 3. The van der Waals surface area contributed by atoms with Crippen LogP contribution in [-0.4, -0.2) is 53.3 Å². The Hall–Kier alpha value is -3.00. The molecule has 0 spiro atoms. The van der Waals surface area contributed by atoms with Crippen molar-refractivity contribution in [2.45, 2.75) is 50.6 Å². The molecule has 0 saturated carbocycles. The number of rotatable bonds is 11. The van der Waals surface area contributed by atoms with Gasteiger partial charge in [0.2, 0.25) is 5.91 Å². The summed E-state index contributed by atoms with van der Waals surface area (Å²) in [4.78, 5) is 37.3. The summed E-state index contributed by atoms with van der Waals surface area (Å²) < 4.78 is 5.60. The lowest BCUT2D eigenvalue weighted by molar-refractivity contribution is -0.142. The second-order valence-electron chi connectivity index (χ2n) is 8.68. The van der Waals surface area contributed by atoms with Crippen LogP contribution in [0.3, 0.4) is 0 Å².